The summed E-state index contributed by atoms with van der Waals surface area (Å²) in [5, 5.41) is 13.9. The van der Waals surface area contributed by atoms with E-state index in [4.69, 9.17) is 4.74 Å². The lowest BCUT2D eigenvalue weighted by Crippen LogP contribution is -2.31. The molecular weight excluding hydrogens is 464 g/mol. The lowest BCUT2D eigenvalue weighted by Gasteiger charge is -2.19. The van der Waals surface area contributed by atoms with Gasteiger partial charge in [-0.1, -0.05) is 26.0 Å². The molecule has 0 saturated carbocycles. The molecule has 0 aliphatic carbocycles. The number of nitrogens with zero attached hydrogens (tertiary/aromatic N) is 2. The van der Waals surface area contributed by atoms with E-state index in [-0.39, 0.29) is 35.2 Å². The van der Waals surface area contributed by atoms with Crippen LogP contribution in [0.3, 0.4) is 0 Å². The second-order valence-electron chi connectivity index (χ2n) is 6.60. The summed E-state index contributed by atoms with van der Waals surface area (Å²) in [5.74, 6) is -1.40. The van der Waals surface area contributed by atoms with Gasteiger partial charge >= 0.3 is 12.3 Å². The van der Waals surface area contributed by atoms with Crippen molar-refractivity contribution in [2.45, 2.75) is 38.4 Å². The highest BCUT2D eigenvalue weighted by molar-refractivity contribution is 7.89. The number of nitro groups is 1. The van der Waals surface area contributed by atoms with Gasteiger partial charge in [-0.15, -0.1) is 0 Å². The van der Waals surface area contributed by atoms with E-state index in [9.17, 15) is 32.1 Å². The average molecular weight is 487 g/mol. The van der Waals surface area contributed by atoms with Crippen LogP contribution < -0.4 is 14.8 Å². The molecule has 2 aromatic carbocycles. The van der Waals surface area contributed by atoms with Gasteiger partial charge in [-0.05, 0) is 31.2 Å². The Morgan fingerprint density at radius 2 is 1.76 bits per heavy atom. The first-order valence-electron chi connectivity index (χ1n) is 9.81. The van der Waals surface area contributed by atoms with E-state index in [1.54, 1.807) is 13.8 Å². The van der Waals surface area contributed by atoms with Crippen molar-refractivity contribution >= 4 is 27.3 Å². The van der Waals surface area contributed by atoms with E-state index >= 15 is 0 Å². The molecule has 13 heteroatoms. The third-order valence-electron chi connectivity index (χ3n) is 4.50. The van der Waals surface area contributed by atoms with E-state index in [1.165, 1.54) is 31.2 Å². The van der Waals surface area contributed by atoms with Crippen LogP contribution in [0.2, 0.25) is 0 Å². The summed E-state index contributed by atoms with van der Waals surface area (Å²) in [6, 6.07) is 8.58. The first-order valence-corrected chi connectivity index (χ1v) is 11.2. The third-order valence-corrected chi connectivity index (χ3v) is 6.55. The number of sulfonamides is 1. The monoisotopic (exact) mass is 487 g/mol. The molecule has 0 heterocycles. The molecule has 180 valence electrons. The van der Waals surface area contributed by atoms with Crippen LogP contribution in [0.4, 0.5) is 20.2 Å². The zero-order valence-electron chi connectivity index (χ0n) is 18.0. The van der Waals surface area contributed by atoms with E-state index in [0.29, 0.717) is 0 Å². The number of nitrogens with one attached hydrogen (secondary N) is 1. The van der Waals surface area contributed by atoms with Crippen LogP contribution in [-0.4, -0.2) is 49.4 Å². The molecular formula is C20H23F2N3O7S. The van der Waals surface area contributed by atoms with E-state index in [0.717, 1.165) is 22.5 Å². The number of rotatable bonds is 11. The molecule has 0 bridgehead atoms. The fourth-order valence-electron chi connectivity index (χ4n) is 2.86. The summed E-state index contributed by atoms with van der Waals surface area (Å²) in [7, 11) is -3.96. The Hall–Kier alpha value is -3.32. The smallest absolute Gasteiger partial charge is 0.387 e. The maximum atomic E-state index is 12.7. The lowest BCUT2D eigenvalue weighted by molar-refractivity contribution is -0.386. The van der Waals surface area contributed by atoms with Crippen molar-refractivity contribution in [3.63, 3.8) is 0 Å². The van der Waals surface area contributed by atoms with Gasteiger partial charge in [0.25, 0.3) is 5.91 Å². The largest absolute Gasteiger partial charge is 0.474 e. The molecule has 0 aliphatic heterocycles. The summed E-state index contributed by atoms with van der Waals surface area (Å²) in [6.45, 7) is 1.81. The predicted octanol–water partition coefficient (Wildman–Crippen LogP) is 3.63. The van der Waals surface area contributed by atoms with Crippen molar-refractivity contribution in [3.05, 3.63) is 52.6 Å². The van der Waals surface area contributed by atoms with Gasteiger partial charge in [0, 0.05) is 19.2 Å². The third kappa shape index (κ3) is 6.35. The van der Waals surface area contributed by atoms with Gasteiger partial charge in [-0.2, -0.15) is 13.1 Å². The van der Waals surface area contributed by atoms with E-state index < -0.39 is 39.3 Å². The van der Waals surface area contributed by atoms with Crippen molar-refractivity contribution < 1.29 is 36.4 Å². The molecule has 1 unspecified atom stereocenters. The number of halogens is 2. The molecule has 1 atom stereocenters. The summed E-state index contributed by atoms with van der Waals surface area (Å²) in [4.78, 5) is 22.9. The number of amides is 1. The van der Waals surface area contributed by atoms with Crippen LogP contribution in [-0.2, 0) is 14.8 Å². The van der Waals surface area contributed by atoms with Crippen LogP contribution in [0.1, 0.15) is 20.8 Å². The number of ether oxygens (including phenoxy) is 2. The van der Waals surface area contributed by atoms with Crippen LogP contribution in [0.5, 0.6) is 11.5 Å². The Balaban J connectivity index is 2.26. The van der Waals surface area contributed by atoms with Gasteiger partial charge < -0.3 is 14.8 Å². The zero-order valence-corrected chi connectivity index (χ0v) is 18.8. The molecule has 1 amide bonds. The molecule has 2 rings (SSSR count). The van der Waals surface area contributed by atoms with Crippen LogP contribution in [0.25, 0.3) is 0 Å². The maximum absolute atomic E-state index is 12.7. The number of carbonyl (C=O) groups is 1. The van der Waals surface area contributed by atoms with Crippen LogP contribution in [0, 0.1) is 10.1 Å². The van der Waals surface area contributed by atoms with Crippen molar-refractivity contribution in [1.82, 2.24) is 4.31 Å². The standard InChI is InChI=1S/C20H23F2N3O7S/c1-4-24(5-2)33(29,30)14-10-11-18(16(12-14)25(27)28)31-13(3)19(26)23-15-8-6-7-9-17(15)32-20(21)22/h6-13,20H,4-5H2,1-3H3,(H,23,26). The highest BCUT2D eigenvalue weighted by Gasteiger charge is 2.28. The van der Waals surface area contributed by atoms with Gasteiger partial charge in [-0.3, -0.25) is 14.9 Å². The molecule has 10 nitrogen and oxygen atoms in total. The molecule has 33 heavy (non-hydrogen) atoms. The Morgan fingerprint density at radius 3 is 2.33 bits per heavy atom. The van der Waals surface area contributed by atoms with Gasteiger partial charge in [-0.25, -0.2) is 8.42 Å². The SMILES string of the molecule is CCN(CC)S(=O)(=O)c1ccc(OC(C)C(=O)Nc2ccccc2OC(F)F)c([N+](=O)[O-])c1. The number of benzene rings is 2. The van der Waals surface area contributed by atoms with E-state index in [1.807, 2.05) is 0 Å². The predicted molar refractivity (Wildman–Crippen MR) is 115 cm³/mol. The Labute approximate surface area is 189 Å². The maximum Gasteiger partial charge on any atom is 0.387 e. The summed E-state index contributed by atoms with van der Waals surface area (Å²) < 4.78 is 61.3. The molecule has 0 aromatic heterocycles. The van der Waals surface area contributed by atoms with E-state index in [2.05, 4.69) is 10.1 Å². The van der Waals surface area contributed by atoms with Gasteiger partial charge in [0.05, 0.1) is 15.5 Å². The number of hydrogen-bond acceptors (Lipinski definition) is 7. The summed E-state index contributed by atoms with van der Waals surface area (Å²) >= 11 is 0. The second-order valence-corrected chi connectivity index (χ2v) is 8.54. The molecule has 0 aliphatic rings. The van der Waals surface area contributed by atoms with Crippen LogP contribution in [0.15, 0.2) is 47.4 Å². The fraction of sp³-hybridized carbons (Fsp3) is 0.350. The highest BCUT2D eigenvalue weighted by Crippen LogP contribution is 2.32. The molecule has 0 saturated heterocycles. The number of alkyl halides is 2. The first-order chi connectivity index (χ1) is 15.5. The minimum atomic E-state index is -3.96. The number of nitro benzene ring substituents is 1. The Bertz CT molecular complexity index is 1110. The van der Waals surface area contributed by atoms with Gasteiger partial charge in [0.1, 0.15) is 5.75 Å². The molecule has 0 fully saturated rings. The first kappa shape index (κ1) is 25.9. The van der Waals surface area contributed by atoms with Gasteiger partial charge in [0.15, 0.2) is 11.9 Å². The van der Waals surface area contributed by atoms with Crippen molar-refractivity contribution in [3.8, 4) is 11.5 Å². The fourth-order valence-corrected chi connectivity index (χ4v) is 4.34. The minimum absolute atomic E-state index is 0.0478. The average Bonchev–Trinajstić information content (AvgIpc) is 2.75. The number of hydrogen-bond donors (Lipinski definition) is 1. The van der Waals surface area contributed by atoms with Crippen molar-refractivity contribution in [1.29, 1.82) is 0 Å². The van der Waals surface area contributed by atoms with Gasteiger partial charge in [0.2, 0.25) is 10.0 Å². The number of para-hydroxylation sites is 2. The number of carbonyl (C=O) groups excluding carboxylic acids is 1. The molecule has 0 radical (unpaired) electrons. The Kier molecular flexibility index (Phi) is 8.65. The van der Waals surface area contributed by atoms with Crippen LogP contribution >= 0.6 is 0 Å². The Morgan fingerprint density at radius 1 is 1.12 bits per heavy atom. The number of anilines is 1. The quantitative estimate of drug-likeness (QED) is 0.379. The summed E-state index contributed by atoms with van der Waals surface area (Å²) in [5.41, 5.74) is -0.697. The lowest BCUT2D eigenvalue weighted by atomic mass is 10.2. The normalized spacial score (nSPS) is 12.5. The molecule has 2 aromatic rings. The topological polar surface area (TPSA) is 128 Å². The minimum Gasteiger partial charge on any atom is -0.474 e. The van der Waals surface area contributed by atoms with Crippen molar-refractivity contribution in [2.24, 2.45) is 0 Å². The van der Waals surface area contributed by atoms with Crippen molar-refractivity contribution in [2.75, 3.05) is 18.4 Å². The molecule has 0 spiro atoms. The second kappa shape index (κ2) is 11.0. The summed E-state index contributed by atoms with van der Waals surface area (Å²) in [6.07, 6.45) is -1.30. The molecule has 1 N–H and O–H groups in total. The zero-order chi connectivity index (χ0) is 24.8. The highest BCUT2D eigenvalue weighted by atomic mass is 32.2.